The van der Waals surface area contributed by atoms with Gasteiger partial charge in [-0.3, -0.25) is 0 Å². The molecule has 0 fully saturated rings. The highest BCUT2D eigenvalue weighted by Crippen LogP contribution is 2.27. The number of nitrogens with one attached hydrogen (secondary N) is 1. The average Bonchev–Trinajstić information content (AvgIpc) is 2.54. The summed E-state index contributed by atoms with van der Waals surface area (Å²) in [6.45, 7) is 5.20. The predicted octanol–water partition coefficient (Wildman–Crippen LogP) is 4.96. The van der Waals surface area contributed by atoms with Gasteiger partial charge in [-0.15, -0.1) is 12.4 Å². The fourth-order valence-electron chi connectivity index (χ4n) is 1.91. The van der Waals surface area contributed by atoms with Gasteiger partial charge < -0.3 is 15.2 Å². The molecule has 0 heterocycles. The van der Waals surface area contributed by atoms with Gasteiger partial charge in [-0.1, -0.05) is 29.8 Å². The van der Waals surface area contributed by atoms with Crippen molar-refractivity contribution in [2.45, 2.75) is 32.5 Å². The number of rotatable bonds is 7. The van der Waals surface area contributed by atoms with Gasteiger partial charge in [0, 0.05) is 17.1 Å². The number of aliphatic hydroxyl groups is 1. The van der Waals surface area contributed by atoms with Crippen LogP contribution in [0.15, 0.2) is 46.9 Å². The van der Waals surface area contributed by atoms with E-state index >= 15 is 0 Å². The Kier molecular flexibility index (Phi) is 8.54. The Hall–Kier alpha value is -0.780. The Morgan fingerprint density at radius 3 is 2.33 bits per heavy atom. The van der Waals surface area contributed by atoms with Crippen molar-refractivity contribution in [2.24, 2.45) is 0 Å². The highest BCUT2D eigenvalue weighted by atomic mass is 79.9. The Morgan fingerprint density at radius 2 is 1.75 bits per heavy atom. The normalized spacial score (nSPS) is 11.0. The van der Waals surface area contributed by atoms with Crippen molar-refractivity contribution in [3.8, 4) is 5.75 Å². The molecule has 0 radical (unpaired) electrons. The van der Waals surface area contributed by atoms with Crippen molar-refractivity contribution in [3.63, 3.8) is 0 Å². The van der Waals surface area contributed by atoms with Crippen molar-refractivity contribution in [3.05, 3.63) is 63.1 Å². The zero-order valence-electron chi connectivity index (χ0n) is 13.7. The predicted molar refractivity (Wildman–Crippen MR) is 105 cm³/mol. The molecule has 0 unspecified atom stereocenters. The van der Waals surface area contributed by atoms with Crippen LogP contribution in [-0.4, -0.2) is 17.3 Å². The molecule has 0 bridgehead atoms. The van der Waals surface area contributed by atoms with Crippen LogP contribution in [-0.2, 0) is 13.2 Å². The molecule has 3 nitrogen and oxygen atoms in total. The minimum Gasteiger partial charge on any atom is -0.488 e. The van der Waals surface area contributed by atoms with E-state index in [0.29, 0.717) is 13.2 Å². The van der Waals surface area contributed by atoms with Gasteiger partial charge >= 0.3 is 0 Å². The quantitative estimate of drug-likeness (QED) is 0.646. The van der Waals surface area contributed by atoms with Crippen molar-refractivity contribution >= 4 is 39.9 Å². The van der Waals surface area contributed by atoms with Gasteiger partial charge in [-0.25, -0.2) is 0 Å². The summed E-state index contributed by atoms with van der Waals surface area (Å²) in [6, 6.07) is 13.6. The third-order valence-corrected chi connectivity index (χ3v) is 4.34. The zero-order valence-corrected chi connectivity index (χ0v) is 16.8. The Labute approximate surface area is 162 Å². The van der Waals surface area contributed by atoms with Gasteiger partial charge in [0.05, 0.1) is 11.1 Å². The third kappa shape index (κ3) is 6.61. The summed E-state index contributed by atoms with van der Waals surface area (Å²) in [5, 5.41) is 13.3. The summed E-state index contributed by atoms with van der Waals surface area (Å²) in [4.78, 5) is 0. The summed E-state index contributed by atoms with van der Waals surface area (Å²) >= 11 is 9.42. The second kappa shape index (κ2) is 9.64. The molecule has 0 aliphatic carbocycles. The number of benzene rings is 2. The summed E-state index contributed by atoms with van der Waals surface area (Å²) in [7, 11) is 0. The molecule has 0 aliphatic heterocycles. The molecule has 0 aromatic heterocycles. The van der Waals surface area contributed by atoms with E-state index in [1.165, 1.54) is 0 Å². The standard InChI is InChI=1S/C18H21BrClNO2.ClH/c1-18(2,12-22)21-10-14-5-8-17(16(19)9-14)23-11-13-3-6-15(20)7-4-13;/h3-9,21-22H,10-12H2,1-2H3;1H. The highest BCUT2D eigenvalue weighted by molar-refractivity contribution is 9.10. The van der Waals surface area contributed by atoms with Crippen LogP contribution >= 0.6 is 39.9 Å². The fraction of sp³-hybridized carbons (Fsp3) is 0.333. The molecular formula is C18H22BrCl2NO2. The lowest BCUT2D eigenvalue weighted by Crippen LogP contribution is -2.42. The lowest BCUT2D eigenvalue weighted by Gasteiger charge is -2.23. The lowest BCUT2D eigenvalue weighted by atomic mass is 10.1. The third-order valence-electron chi connectivity index (χ3n) is 3.47. The van der Waals surface area contributed by atoms with Crippen LogP contribution in [0.1, 0.15) is 25.0 Å². The minimum atomic E-state index is -0.295. The zero-order chi connectivity index (χ0) is 16.9. The molecule has 2 rings (SSSR count). The van der Waals surface area contributed by atoms with E-state index in [1.54, 1.807) is 0 Å². The Bertz CT molecular complexity index is 648. The average molecular weight is 435 g/mol. The molecule has 132 valence electrons. The smallest absolute Gasteiger partial charge is 0.134 e. The first kappa shape index (κ1) is 21.3. The van der Waals surface area contributed by atoms with E-state index in [0.717, 1.165) is 26.4 Å². The van der Waals surface area contributed by atoms with Crippen LogP contribution in [0.25, 0.3) is 0 Å². The van der Waals surface area contributed by atoms with Crippen LogP contribution in [0.2, 0.25) is 5.02 Å². The topological polar surface area (TPSA) is 41.5 Å². The van der Waals surface area contributed by atoms with Gasteiger partial charge in [0.1, 0.15) is 12.4 Å². The molecule has 2 N–H and O–H groups in total. The molecule has 0 saturated carbocycles. The maximum Gasteiger partial charge on any atom is 0.134 e. The van der Waals surface area contributed by atoms with Gasteiger partial charge in [0.15, 0.2) is 0 Å². The first-order valence-electron chi connectivity index (χ1n) is 7.41. The van der Waals surface area contributed by atoms with E-state index in [1.807, 2.05) is 56.3 Å². The summed E-state index contributed by atoms with van der Waals surface area (Å²) in [5.74, 6) is 0.796. The molecule has 0 spiro atoms. The SMILES string of the molecule is CC(C)(CO)NCc1ccc(OCc2ccc(Cl)cc2)c(Br)c1.Cl. The van der Waals surface area contributed by atoms with Gasteiger partial charge in [-0.05, 0) is 65.2 Å². The van der Waals surface area contributed by atoms with Gasteiger partial charge in [-0.2, -0.15) is 0 Å². The molecule has 2 aromatic carbocycles. The van der Waals surface area contributed by atoms with Gasteiger partial charge in [0.25, 0.3) is 0 Å². The molecular weight excluding hydrogens is 413 g/mol. The second-order valence-corrected chi connectivity index (χ2v) is 7.37. The number of hydrogen-bond donors (Lipinski definition) is 2. The van der Waals surface area contributed by atoms with Crippen molar-refractivity contribution < 1.29 is 9.84 Å². The molecule has 2 aromatic rings. The van der Waals surface area contributed by atoms with E-state index in [4.69, 9.17) is 16.3 Å². The largest absolute Gasteiger partial charge is 0.488 e. The van der Waals surface area contributed by atoms with E-state index in [-0.39, 0.29) is 24.6 Å². The summed E-state index contributed by atoms with van der Waals surface area (Å²) in [5.41, 5.74) is 1.89. The first-order valence-corrected chi connectivity index (χ1v) is 8.58. The number of ether oxygens (including phenoxy) is 1. The maximum atomic E-state index is 9.27. The molecule has 24 heavy (non-hydrogen) atoms. The van der Waals surface area contributed by atoms with E-state index in [9.17, 15) is 5.11 Å². The minimum absolute atomic E-state index is 0. The number of hydrogen-bond acceptors (Lipinski definition) is 3. The Balaban J connectivity index is 0.00000288. The van der Waals surface area contributed by atoms with Crippen LogP contribution in [0.5, 0.6) is 5.75 Å². The van der Waals surface area contributed by atoms with E-state index in [2.05, 4.69) is 21.2 Å². The molecule has 0 aliphatic rings. The molecule has 0 saturated heterocycles. The maximum absolute atomic E-state index is 9.27. The van der Waals surface area contributed by atoms with E-state index < -0.39 is 0 Å². The van der Waals surface area contributed by atoms with Crippen LogP contribution in [0.3, 0.4) is 0 Å². The molecule has 0 amide bonds. The molecule has 6 heteroatoms. The Morgan fingerprint density at radius 1 is 1.12 bits per heavy atom. The number of aliphatic hydroxyl groups excluding tert-OH is 1. The van der Waals surface area contributed by atoms with Crippen molar-refractivity contribution in [2.75, 3.05) is 6.61 Å². The monoisotopic (exact) mass is 433 g/mol. The lowest BCUT2D eigenvalue weighted by molar-refractivity contribution is 0.187. The van der Waals surface area contributed by atoms with Crippen molar-refractivity contribution in [1.82, 2.24) is 5.32 Å². The number of halogens is 3. The second-order valence-electron chi connectivity index (χ2n) is 6.08. The summed E-state index contributed by atoms with van der Waals surface area (Å²) < 4.78 is 6.74. The first-order chi connectivity index (χ1) is 10.9. The van der Waals surface area contributed by atoms with Crippen molar-refractivity contribution in [1.29, 1.82) is 0 Å². The fourth-order valence-corrected chi connectivity index (χ4v) is 2.58. The van der Waals surface area contributed by atoms with Crippen LogP contribution in [0.4, 0.5) is 0 Å². The van der Waals surface area contributed by atoms with Crippen LogP contribution < -0.4 is 10.1 Å². The van der Waals surface area contributed by atoms with Gasteiger partial charge in [0.2, 0.25) is 0 Å². The highest BCUT2D eigenvalue weighted by Gasteiger charge is 2.15. The molecule has 0 atom stereocenters. The van der Waals surface area contributed by atoms with Crippen LogP contribution in [0, 0.1) is 0 Å². The summed E-state index contributed by atoms with van der Waals surface area (Å²) in [6.07, 6.45) is 0.